The number of nitrogens with zero attached hydrogens (tertiary/aromatic N) is 3. The second-order valence-corrected chi connectivity index (χ2v) is 4.49. The van der Waals surface area contributed by atoms with Crippen molar-refractivity contribution in [1.29, 1.82) is 0 Å². The minimum Gasteiger partial charge on any atom is -0.458 e. The first-order valence-electron chi connectivity index (χ1n) is 5.21. The van der Waals surface area contributed by atoms with Crippen LogP contribution in [0.3, 0.4) is 0 Å². The first-order valence-corrected chi connectivity index (χ1v) is 6.03. The monoisotopic (exact) mass is 252 g/mol. The molecule has 1 N–H and O–H groups in total. The quantitative estimate of drug-likeness (QED) is 0.819. The summed E-state index contributed by atoms with van der Waals surface area (Å²) in [5.41, 5.74) is 1.56. The van der Waals surface area contributed by atoms with E-state index in [1.807, 2.05) is 6.92 Å². The van der Waals surface area contributed by atoms with Crippen molar-refractivity contribution in [2.45, 2.75) is 26.4 Å². The van der Waals surface area contributed by atoms with Gasteiger partial charge in [-0.3, -0.25) is 9.89 Å². The van der Waals surface area contributed by atoms with E-state index in [2.05, 4.69) is 20.4 Å². The topological polar surface area (TPSA) is 80.8 Å². The first kappa shape index (κ1) is 11.7. The van der Waals surface area contributed by atoms with Crippen LogP contribution in [0.1, 0.15) is 30.7 Å². The highest BCUT2D eigenvalue weighted by Gasteiger charge is 2.18. The molecule has 1 atom stereocenters. The van der Waals surface area contributed by atoms with Crippen molar-refractivity contribution >= 4 is 17.8 Å². The van der Waals surface area contributed by atoms with Crippen molar-refractivity contribution in [3.8, 4) is 10.6 Å². The number of H-pyrrole nitrogens is 1. The number of rotatable bonds is 5. The van der Waals surface area contributed by atoms with Crippen LogP contribution in [-0.4, -0.2) is 26.9 Å². The largest absolute Gasteiger partial charge is 0.458 e. The molecule has 2 rings (SSSR count). The van der Waals surface area contributed by atoms with E-state index >= 15 is 0 Å². The Bertz CT molecular complexity index is 508. The Morgan fingerprint density at radius 1 is 1.59 bits per heavy atom. The minimum atomic E-state index is -0.376. The summed E-state index contributed by atoms with van der Waals surface area (Å²) in [7, 11) is 0. The molecule has 1 unspecified atom stereocenters. The van der Waals surface area contributed by atoms with Crippen LogP contribution in [-0.2, 0) is 16.0 Å². The van der Waals surface area contributed by atoms with E-state index in [-0.39, 0.29) is 6.10 Å². The lowest BCUT2D eigenvalue weighted by molar-refractivity contribution is -0.133. The minimum absolute atomic E-state index is 0.376. The number of aromatic nitrogens is 4. The van der Waals surface area contributed by atoms with Gasteiger partial charge in [0.15, 0.2) is 5.01 Å². The van der Waals surface area contributed by atoms with Gasteiger partial charge < -0.3 is 4.74 Å². The van der Waals surface area contributed by atoms with Crippen LogP contribution in [0.25, 0.3) is 10.6 Å². The molecule has 0 saturated carbocycles. The van der Waals surface area contributed by atoms with E-state index in [9.17, 15) is 4.79 Å². The number of hydrogen-bond donors (Lipinski definition) is 1. The molecule has 0 fully saturated rings. The molecule has 0 aliphatic rings. The molecular formula is C10H12N4O2S. The van der Waals surface area contributed by atoms with E-state index < -0.39 is 0 Å². The predicted molar refractivity (Wildman–Crippen MR) is 62.4 cm³/mol. The van der Waals surface area contributed by atoms with E-state index in [4.69, 9.17) is 4.74 Å². The predicted octanol–water partition coefficient (Wildman–Crippen LogP) is 1.72. The number of aryl methyl sites for hydroxylation is 1. The van der Waals surface area contributed by atoms with Crippen molar-refractivity contribution in [2.24, 2.45) is 0 Å². The number of hydrogen-bond acceptors (Lipinski definition) is 6. The maximum atomic E-state index is 10.3. The van der Waals surface area contributed by atoms with Gasteiger partial charge in [-0.2, -0.15) is 5.10 Å². The van der Waals surface area contributed by atoms with Crippen LogP contribution >= 0.6 is 11.3 Å². The summed E-state index contributed by atoms with van der Waals surface area (Å²) in [5.74, 6) is 0. The third-order valence-electron chi connectivity index (χ3n) is 2.33. The molecule has 0 saturated heterocycles. The lowest BCUT2D eigenvalue weighted by Gasteiger charge is -2.07. The second-order valence-electron chi connectivity index (χ2n) is 3.43. The molecule has 0 radical (unpaired) electrons. The normalized spacial score (nSPS) is 12.4. The van der Waals surface area contributed by atoms with Crippen LogP contribution < -0.4 is 0 Å². The van der Waals surface area contributed by atoms with Gasteiger partial charge in [0.1, 0.15) is 11.1 Å². The number of nitrogens with one attached hydrogen (secondary N) is 1. The average Bonchev–Trinajstić information content (AvgIpc) is 2.97. The van der Waals surface area contributed by atoms with Crippen LogP contribution in [0.5, 0.6) is 0 Å². The molecule has 17 heavy (non-hydrogen) atoms. The van der Waals surface area contributed by atoms with Gasteiger partial charge in [-0.25, -0.2) is 0 Å². The lowest BCUT2D eigenvalue weighted by Crippen LogP contribution is -2.00. The Balaban J connectivity index is 2.32. The van der Waals surface area contributed by atoms with Gasteiger partial charge in [-0.1, -0.05) is 18.3 Å². The smallest absolute Gasteiger partial charge is 0.293 e. The number of carbonyl (C=O) groups excluding carboxylic acids is 1. The summed E-state index contributed by atoms with van der Waals surface area (Å²) in [5, 5.41) is 16.7. The first-order chi connectivity index (χ1) is 8.26. The van der Waals surface area contributed by atoms with Crippen molar-refractivity contribution in [3.05, 3.63) is 16.9 Å². The standard InChI is InChI=1S/C10H12N4O2S/c1-3-8-12-14-10(17-8)7-4-11-13-9(7)6(2)16-5-15/h4-6H,3H2,1-2H3,(H,11,13). The molecule has 2 aromatic heterocycles. The molecule has 0 spiro atoms. The molecule has 0 amide bonds. The third-order valence-corrected chi connectivity index (χ3v) is 3.44. The van der Waals surface area contributed by atoms with E-state index in [1.54, 1.807) is 13.1 Å². The van der Waals surface area contributed by atoms with Crippen molar-refractivity contribution in [2.75, 3.05) is 0 Å². The van der Waals surface area contributed by atoms with Gasteiger partial charge in [0, 0.05) is 0 Å². The van der Waals surface area contributed by atoms with E-state index in [0.717, 1.165) is 27.7 Å². The van der Waals surface area contributed by atoms with Crippen LogP contribution in [0.15, 0.2) is 6.20 Å². The molecule has 2 aromatic rings. The summed E-state index contributed by atoms with van der Waals surface area (Å²) >= 11 is 1.51. The zero-order chi connectivity index (χ0) is 12.3. The maximum Gasteiger partial charge on any atom is 0.293 e. The van der Waals surface area contributed by atoms with Crippen molar-refractivity contribution in [3.63, 3.8) is 0 Å². The fourth-order valence-electron chi connectivity index (χ4n) is 1.43. The summed E-state index contributed by atoms with van der Waals surface area (Å²) in [4.78, 5) is 10.3. The Morgan fingerprint density at radius 3 is 3.06 bits per heavy atom. The van der Waals surface area contributed by atoms with Gasteiger partial charge in [0.2, 0.25) is 0 Å². The third kappa shape index (κ3) is 2.33. The Kier molecular flexibility index (Phi) is 3.48. The molecule has 7 heteroatoms. The fraction of sp³-hybridized carbons (Fsp3) is 0.400. The summed E-state index contributed by atoms with van der Waals surface area (Å²) in [6, 6.07) is 0. The maximum absolute atomic E-state index is 10.3. The summed E-state index contributed by atoms with van der Waals surface area (Å²) < 4.78 is 4.89. The molecule has 0 aliphatic carbocycles. The molecule has 90 valence electrons. The molecule has 0 bridgehead atoms. The molecule has 6 nitrogen and oxygen atoms in total. The van der Waals surface area contributed by atoms with Crippen LogP contribution in [0, 0.1) is 0 Å². The average molecular weight is 252 g/mol. The van der Waals surface area contributed by atoms with Gasteiger partial charge in [0.05, 0.1) is 17.5 Å². The highest BCUT2D eigenvalue weighted by molar-refractivity contribution is 7.14. The zero-order valence-electron chi connectivity index (χ0n) is 9.51. The number of aromatic amines is 1. The zero-order valence-corrected chi connectivity index (χ0v) is 10.3. The Morgan fingerprint density at radius 2 is 2.41 bits per heavy atom. The fourth-order valence-corrected chi connectivity index (χ4v) is 2.24. The molecule has 0 aromatic carbocycles. The van der Waals surface area contributed by atoms with Crippen molar-refractivity contribution in [1.82, 2.24) is 20.4 Å². The molecule has 2 heterocycles. The van der Waals surface area contributed by atoms with Gasteiger partial charge in [-0.15, -0.1) is 10.2 Å². The van der Waals surface area contributed by atoms with Gasteiger partial charge in [0.25, 0.3) is 6.47 Å². The van der Waals surface area contributed by atoms with Crippen molar-refractivity contribution < 1.29 is 9.53 Å². The van der Waals surface area contributed by atoms with Gasteiger partial charge >= 0.3 is 0 Å². The Hall–Kier alpha value is -1.76. The lowest BCUT2D eigenvalue weighted by atomic mass is 10.2. The van der Waals surface area contributed by atoms with Crippen LogP contribution in [0.2, 0.25) is 0 Å². The number of carbonyl (C=O) groups is 1. The SMILES string of the molecule is CCc1nnc(-c2cn[nH]c2C(C)OC=O)s1. The second kappa shape index (κ2) is 5.05. The highest BCUT2D eigenvalue weighted by Crippen LogP contribution is 2.29. The van der Waals surface area contributed by atoms with Crippen LogP contribution in [0.4, 0.5) is 0 Å². The molecular weight excluding hydrogens is 240 g/mol. The molecule has 0 aliphatic heterocycles. The number of ether oxygens (including phenoxy) is 1. The van der Waals surface area contributed by atoms with Gasteiger partial charge in [-0.05, 0) is 13.3 Å². The highest BCUT2D eigenvalue weighted by atomic mass is 32.1. The van der Waals surface area contributed by atoms with E-state index in [0.29, 0.717) is 6.47 Å². The summed E-state index contributed by atoms with van der Waals surface area (Å²) in [6.45, 7) is 4.22. The Labute approximate surface area is 102 Å². The van der Waals surface area contributed by atoms with E-state index in [1.165, 1.54) is 11.3 Å². The summed E-state index contributed by atoms with van der Waals surface area (Å²) in [6.07, 6.45) is 2.14.